The van der Waals surface area contributed by atoms with Gasteiger partial charge < -0.3 is 5.32 Å². The van der Waals surface area contributed by atoms with E-state index in [1.807, 2.05) is 12.1 Å². The maximum Gasteiger partial charge on any atom is 0.0931 e. The van der Waals surface area contributed by atoms with Crippen molar-refractivity contribution in [1.29, 1.82) is 0 Å². The molecule has 0 spiro atoms. The number of pyridine rings is 1. The second-order valence-electron chi connectivity index (χ2n) is 4.04. The van der Waals surface area contributed by atoms with Crippen LogP contribution < -0.4 is 5.32 Å². The zero-order valence-corrected chi connectivity index (χ0v) is 13.4. The van der Waals surface area contributed by atoms with E-state index < -0.39 is 0 Å². The van der Waals surface area contributed by atoms with Gasteiger partial charge >= 0.3 is 0 Å². The van der Waals surface area contributed by atoms with Crippen molar-refractivity contribution in [3.8, 4) is 0 Å². The predicted octanol–water partition coefficient (Wildman–Crippen LogP) is 5.00. The standard InChI is InChI=1S/C13H13Cl3N2S/c1-2-17-11(6-9-3-4-12(16)19-9)13-10(15)5-8(14)7-18-13/h3-5,7,11,17H,2,6H2,1H3. The first-order chi connectivity index (χ1) is 9.10. The number of aromatic nitrogens is 1. The molecule has 2 aromatic heterocycles. The molecule has 2 rings (SSSR count). The Bertz CT molecular complexity index is 557. The molecule has 2 nitrogen and oxygen atoms in total. The fraction of sp³-hybridized carbons (Fsp3) is 0.308. The summed E-state index contributed by atoms with van der Waals surface area (Å²) in [7, 11) is 0. The molecule has 1 unspecified atom stereocenters. The molecule has 1 N–H and O–H groups in total. The molecule has 2 aromatic rings. The quantitative estimate of drug-likeness (QED) is 0.832. The molecule has 0 saturated carbocycles. The van der Waals surface area contributed by atoms with Crippen LogP contribution in [0, 0.1) is 0 Å². The van der Waals surface area contributed by atoms with Gasteiger partial charge in [0.1, 0.15) is 0 Å². The summed E-state index contributed by atoms with van der Waals surface area (Å²) in [5.74, 6) is 0. The largest absolute Gasteiger partial charge is 0.309 e. The minimum Gasteiger partial charge on any atom is -0.309 e. The van der Waals surface area contributed by atoms with Gasteiger partial charge in [0.2, 0.25) is 0 Å². The summed E-state index contributed by atoms with van der Waals surface area (Å²) in [4.78, 5) is 5.54. The van der Waals surface area contributed by atoms with Gasteiger partial charge in [-0.15, -0.1) is 11.3 Å². The lowest BCUT2D eigenvalue weighted by Crippen LogP contribution is -2.24. The van der Waals surface area contributed by atoms with E-state index in [1.54, 1.807) is 23.6 Å². The van der Waals surface area contributed by atoms with Crippen molar-refractivity contribution in [2.75, 3.05) is 6.54 Å². The Balaban J connectivity index is 2.23. The molecular formula is C13H13Cl3N2S. The van der Waals surface area contributed by atoms with Crippen molar-refractivity contribution >= 4 is 46.1 Å². The minimum atomic E-state index is 0.0597. The normalized spacial score (nSPS) is 12.6. The minimum absolute atomic E-state index is 0.0597. The van der Waals surface area contributed by atoms with E-state index in [9.17, 15) is 0 Å². The summed E-state index contributed by atoms with van der Waals surface area (Å²) < 4.78 is 0.792. The molecule has 0 amide bonds. The van der Waals surface area contributed by atoms with Crippen molar-refractivity contribution in [1.82, 2.24) is 10.3 Å². The van der Waals surface area contributed by atoms with Crippen LogP contribution in [0.5, 0.6) is 0 Å². The number of nitrogens with one attached hydrogen (secondary N) is 1. The van der Waals surface area contributed by atoms with Crippen LogP contribution in [0.4, 0.5) is 0 Å². The number of hydrogen-bond acceptors (Lipinski definition) is 3. The number of nitrogens with zero attached hydrogens (tertiary/aromatic N) is 1. The maximum atomic E-state index is 6.22. The number of halogens is 3. The van der Waals surface area contributed by atoms with Crippen LogP contribution in [0.15, 0.2) is 24.4 Å². The van der Waals surface area contributed by atoms with Crippen molar-refractivity contribution in [3.05, 3.63) is 49.3 Å². The SMILES string of the molecule is CCNC(Cc1ccc(Cl)s1)c1ncc(Cl)cc1Cl. The van der Waals surface area contributed by atoms with Crippen molar-refractivity contribution < 1.29 is 0 Å². The average Bonchev–Trinajstić information content (AvgIpc) is 2.74. The molecule has 6 heteroatoms. The summed E-state index contributed by atoms with van der Waals surface area (Å²) >= 11 is 19.6. The van der Waals surface area contributed by atoms with Crippen LogP contribution in [0.3, 0.4) is 0 Å². The van der Waals surface area contributed by atoms with Gasteiger partial charge in [-0.3, -0.25) is 4.98 Å². The Hall–Kier alpha value is -0.320. The van der Waals surface area contributed by atoms with E-state index in [4.69, 9.17) is 34.8 Å². The van der Waals surface area contributed by atoms with Gasteiger partial charge in [-0.1, -0.05) is 41.7 Å². The predicted molar refractivity (Wildman–Crippen MR) is 83.7 cm³/mol. The third-order valence-electron chi connectivity index (χ3n) is 2.65. The fourth-order valence-electron chi connectivity index (χ4n) is 1.86. The van der Waals surface area contributed by atoms with E-state index in [2.05, 4.69) is 17.2 Å². The zero-order valence-electron chi connectivity index (χ0n) is 10.3. The van der Waals surface area contributed by atoms with Gasteiger partial charge in [0.05, 0.1) is 26.1 Å². The van der Waals surface area contributed by atoms with Crippen LogP contribution in [-0.4, -0.2) is 11.5 Å². The van der Waals surface area contributed by atoms with Crippen molar-refractivity contribution in [3.63, 3.8) is 0 Å². The van der Waals surface area contributed by atoms with Gasteiger partial charge in [-0.2, -0.15) is 0 Å². The molecule has 0 aromatic carbocycles. The monoisotopic (exact) mass is 334 g/mol. The smallest absolute Gasteiger partial charge is 0.0931 e. The Morgan fingerprint density at radius 3 is 2.68 bits per heavy atom. The molecule has 0 fully saturated rings. The van der Waals surface area contributed by atoms with Gasteiger partial charge in [-0.05, 0) is 24.7 Å². The summed E-state index contributed by atoms with van der Waals surface area (Å²) in [5, 5.41) is 4.52. The molecular weight excluding hydrogens is 323 g/mol. The fourth-order valence-corrected chi connectivity index (χ4v) is 3.50. The lowest BCUT2D eigenvalue weighted by Gasteiger charge is -2.17. The third kappa shape index (κ3) is 4.07. The van der Waals surface area contributed by atoms with Crippen LogP contribution in [0.2, 0.25) is 14.4 Å². The highest BCUT2D eigenvalue weighted by Gasteiger charge is 2.17. The summed E-state index contributed by atoms with van der Waals surface area (Å²) in [6.07, 6.45) is 2.42. The first-order valence-electron chi connectivity index (χ1n) is 5.88. The highest BCUT2D eigenvalue weighted by molar-refractivity contribution is 7.16. The van der Waals surface area contributed by atoms with E-state index in [0.29, 0.717) is 10.0 Å². The average molecular weight is 336 g/mol. The third-order valence-corrected chi connectivity index (χ3v) is 4.41. The zero-order chi connectivity index (χ0) is 13.8. The van der Waals surface area contributed by atoms with Crippen LogP contribution in [-0.2, 0) is 6.42 Å². The van der Waals surface area contributed by atoms with Gasteiger partial charge in [0.15, 0.2) is 0 Å². The molecule has 0 aliphatic heterocycles. The van der Waals surface area contributed by atoms with E-state index in [1.165, 1.54) is 4.88 Å². The van der Waals surface area contributed by atoms with Gasteiger partial charge in [0, 0.05) is 17.5 Å². The van der Waals surface area contributed by atoms with Gasteiger partial charge in [-0.25, -0.2) is 0 Å². The number of likely N-dealkylation sites (N-methyl/N-ethyl adjacent to an activating group) is 1. The molecule has 1 atom stereocenters. The topological polar surface area (TPSA) is 24.9 Å². The second-order valence-corrected chi connectivity index (χ2v) is 6.68. The molecule has 0 bridgehead atoms. The molecule has 0 saturated heterocycles. The second kappa shape index (κ2) is 6.91. The highest BCUT2D eigenvalue weighted by atomic mass is 35.5. The molecule has 0 aliphatic carbocycles. The number of rotatable bonds is 5. The van der Waals surface area contributed by atoms with Crippen LogP contribution >= 0.6 is 46.1 Å². The van der Waals surface area contributed by atoms with Crippen LogP contribution in [0.1, 0.15) is 23.5 Å². The lowest BCUT2D eigenvalue weighted by atomic mass is 10.1. The van der Waals surface area contributed by atoms with Gasteiger partial charge in [0.25, 0.3) is 0 Å². The molecule has 2 heterocycles. The summed E-state index contributed by atoms with van der Waals surface area (Å²) in [5.41, 5.74) is 0.817. The van der Waals surface area contributed by atoms with Crippen molar-refractivity contribution in [2.45, 2.75) is 19.4 Å². The molecule has 19 heavy (non-hydrogen) atoms. The first-order valence-corrected chi connectivity index (χ1v) is 7.83. The molecule has 0 aliphatic rings. The lowest BCUT2D eigenvalue weighted by molar-refractivity contribution is 0.540. The molecule has 102 valence electrons. The number of hydrogen-bond donors (Lipinski definition) is 1. The summed E-state index contributed by atoms with van der Waals surface area (Å²) in [6.45, 7) is 2.89. The van der Waals surface area contributed by atoms with Crippen molar-refractivity contribution in [2.24, 2.45) is 0 Å². The summed E-state index contributed by atoms with van der Waals surface area (Å²) in [6, 6.07) is 5.71. The maximum absolute atomic E-state index is 6.22. The van der Waals surface area contributed by atoms with Crippen LogP contribution in [0.25, 0.3) is 0 Å². The van der Waals surface area contributed by atoms with E-state index in [-0.39, 0.29) is 6.04 Å². The van der Waals surface area contributed by atoms with E-state index >= 15 is 0 Å². The Morgan fingerprint density at radius 1 is 1.32 bits per heavy atom. The first kappa shape index (κ1) is 15.1. The molecule has 0 radical (unpaired) electrons. The Kier molecular flexibility index (Phi) is 5.48. The van der Waals surface area contributed by atoms with E-state index in [0.717, 1.165) is 23.0 Å². The Labute approximate surface area is 131 Å². The number of thiophene rings is 1. The highest BCUT2D eigenvalue weighted by Crippen LogP contribution is 2.29. The Morgan fingerprint density at radius 2 is 2.11 bits per heavy atom.